The molecule has 9 nitrogen and oxygen atoms in total. The molecule has 1 aliphatic carbocycles. The van der Waals surface area contributed by atoms with Crippen molar-refractivity contribution < 1.29 is 28.7 Å². The van der Waals surface area contributed by atoms with Crippen molar-refractivity contribution in [1.29, 1.82) is 0 Å². The SMILES string of the molecule is CC.CC(=O)Nc1ccc(SNCCCC(Cc2ccccc2)C(=O)NC2c3ccccc3CC2OC(C)=O)cc1.CC=O.COC. The molecule has 0 aromatic heterocycles. The normalized spacial score (nSPS) is 14.6. The average molecular weight is 666 g/mol. The molecule has 0 saturated carbocycles. The van der Waals surface area contributed by atoms with Crippen LogP contribution in [0.5, 0.6) is 0 Å². The molecule has 2 amide bonds. The maximum Gasteiger partial charge on any atom is 0.302 e. The zero-order chi connectivity index (χ0) is 35.0. The number of hydrogen-bond donors (Lipinski definition) is 3. The minimum atomic E-state index is -0.406. The van der Waals surface area contributed by atoms with E-state index in [1.807, 2.05) is 92.7 Å². The lowest BCUT2D eigenvalue weighted by Crippen LogP contribution is -2.40. The van der Waals surface area contributed by atoms with Gasteiger partial charge in [0, 0.05) is 57.5 Å². The molecule has 0 aliphatic heterocycles. The molecule has 10 heteroatoms. The maximum atomic E-state index is 13.6. The van der Waals surface area contributed by atoms with Crippen molar-refractivity contribution in [3.05, 3.63) is 95.6 Å². The van der Waals surface area contributed by atoms with Gasteiger partial charge in [-0.2, -0.15) is 0 Å². The van der Waals surface area contributed by atoms with Crippen LogP contribution in [0.3, 0.4) is 0 Å². The first-order valence-electron chi connectivity index (χ1n) is 15.9. The average Bonchev–Trinajstić information content (AvgIpc) is 3.38. The van der Waals surface area contributed by atoms with E-state index in [9.17, 15) is 14.4 Å². The fourth-order valence-electron chi connectivity index (χ4n) is 4.91. The zero-order valence-electron chi connectivity index (χ0n) is 28.7. The van der Waals surface area contributed by atoms with E-state index in [1.54, 1.807) is 14.2 Å². The molecule has 0 radical (unpaired) electrons. The van der Waals surface area contributed by atoms with E-state index in [4.69, 9.17) is 9.53 Å². The third-order valence-corrected chi connectivity index (χ3v) is 7.55. The molecule has 0 fully saturated rings. The molecular formula is C37H51N3O6S. The molecule has 4 rings (SSSR count). The van der Waals surface area contributed by atoms with Gasteiger partial charge in [0.25, 0.3) is 0 Å². The predicted octanol–water partition coefficient (Wildman–Crippen LogP) is 6.72. The van der Waals surface area contributed by atoms with Gasteiger partial charge in [-0.1, -0.05) is 68.4 Å². The van der Waals surface area contributed by atoms with E-state index in [1.165, 1.54) is 32.7 Å². The van der Waals surface area contributed by atoms with Crippen molar-refractivity contribution in [2.45, 2.75) is 77.3 Å². The van der Waals surface area contributed by atoms with E-state index >= 15 is 0 Å². The van der Waals surface area contributed by atoms with Crippen LogP contribution in [0.15, 0.2) is 83.8 Å². The third kappa shape index (κ3) is 15.9. The minimum Gasteiger partial charge on any atom is -0.460 e. The van der Waals surface area contributed by atoms with Gasteiger partial charge in [-0.25, -0.2) is 0 Å². The summed E-state index contributed by atoms with van der Waals surface area (Å²) in [6.45, 7) is 9.07. The maximum absolute atomic E-state index is 13.6. The summed E-state index contributed by atoms with van der Waals surface area (Å²) in [7, 11) is 3.25. The summed E-state index contributed by atoms with van der Waals surface area (Å²) in [6.07, 6.45) is 3.10. The van der Waals surface area contributed by atoms with Crippen LogP contribution < -0.4 is 15.4 Å². The van der Waals surface area contributed by atoms with Crippen molar-refractivity contribution in [3.63, 3.8) is 0 Å². The molecule has 256 valence electrons. The Hall–Kier alpha value is -3.99. The number of esters is 1. The summed E-state index contributed by atoms with van der Waals surface area (Å²) >= 11 is 1.52. The largest absolute Gasteiger partial charge is 0.460 e. The molecule has 0 spiro atoms. The number of carbonyl (C=O) groups excluding carboxylic acids is 4. The van der Waals surface area contributed by atoms with E-state index in [0.29, 0.717) is 19.3 Å². The Balaban J connectivity index is 0.00000126. The molecule has 1 aliphatic rings. The highest BCUT2D eigenvalue weighted by molar-refractivity contribution is 7.97. The van der Waals surface area contributed by atoms with Gasteiger partial charge >= 0.3 is 5.97 Å². The van der Waals surface area contributed by atoms with E-state index in [2.05, 4.69) is 20.1 Å². The second-order valence-electron chi connectivity index (χ2n) is 10.4. The predicted molar refractivity (Wildman–Crippen MR) is 190 cm³/mol. The van der Waals surface area contributed by atoms with Crippen molar-refractivity contribution >= 4 is 41.7 Å². The topological polar surface area (TPSA) is 123 Å². The second-order valence-corrected chi connectivity index (χ2v) is 11.4. The van der Waals surface area contributed by atoms with Crippen molar-refractivity contribution in [3.8, 4) is 0 Å². The summed E-state index contributed by atoms with van der Waals surface area (Å²) in [4.78, 5) is 46.4. The van der Waals surface area contributed by atoms with Crippen molar-refractivity contribution in [2.24, 2.45) is 5.92 Å². The summed E-state index contributed by atoms with van der Waals surface area (Å²) in [5.74, 6) is -0.691. The van der Waals surface area contributed by atoms with Crippen LogP contribution in [0.4, 0.5) is 5.69 Å². The molecule has 47 heavy (non-hydrogen) atoms. The first kappa shape index (κ1) is 41.0. The Kier molecular flexibility index (Phi) is 21.1. The van der Waals surface area contributed by atoms with Gasteiger partial charge in [0.05, 0.1) is 6.04 Å². The number of methoxy groups -OCH3 is 1. The molecule has 0 heterocycles. The highest BCUT2D eigenvalue weighted by Crippen LogP contribution is 2.34. The Morgan fingerprint density at radius 1 is 0.936 bits per heavy atom. The van der Waals surface area contributed by atoms with Crippen LogP contribution in [0.25, 0.3) is 0 Å². The van der Waals surface area contributed by atoms with Crippen molar-refractivity contribution in [1.82, 2.24) is 10.0 Å². The lowest BCUT2D eigenvalue weighted by molar-refractivity contribution is -0.148. The van der Waals surface area contributed by atoms with Crippen LogP contribution >= 0.6 is 11.9 Å². The fourth-order valence-corrected chi connectivity index (χ4v) is 5.60. The molecule has 3 aromatic rings. The molecule has 3 atom stereocenters. The summed E-state index contributed by atoms with van der Waals surface area (Å²) in [5.41, 5.74) is 3.99. The zero-order valence-corrected chi connectivity index (χ0v) is 29.5. The van der Waals surface area contributed by atoms with Gasteiger partial charge in [-0.05, 0) is 79.1 Å². The highest BCUT2D eigenvalue weighted by atomic mass is 32.2. The monoisotopic (exact) mass is 665 g/mol. The number of rotatable bonds is 12. The van der Waals surface area contributed by atoms with Crippen LogP contribution in [0.2, 0.25) is 0 Å². The number of aldehydes is 1. The van der Waals surface area contributed by atoms with Gasteiger partial charge in [-0.15, -0.1) is 0 Å². The third-order valence-electron chi connectivity index (χ3n) is 6.69. The van der Waals surface area contributed by atoms with Crippen molar-refractivity contribution in [2.75, 3.05) is 26.1 Å². The minimum absolute atomic E-state index is 0.0288. The number of anilines is 1. The smallest absolute Gasteiger partial charge is 0.302 e. The molecule has 0 saturated heterocycles. The summed E-state index contributed by atoms with van der Waals surface area (Å²) in [5, 5.41) is 5.99. The van der Waals surface area contributed by atoms with E-state index in [0.717, 1.165) is 46.5 Å². The number of nitrogens with one attached hydrogen (secondary N) is 3. The summed E-state index contributed by atoms with van der Waals surface area (Å²) in [6, 6.07) is 25.3. The van der Waals surface area contributed by atoms with Gasteiger partial charge in [-0.3, -0.25) is 19.1 Å². The Bertz CT molecular complexity index is 1340. The molecular weight excluding hydrogens is 614 g/mol. The first-order valence-corrected chi connectivity index (χ1v) is 16.7. The van der Waals surface area contributed by atoms with Gasteiger partial charge in [0.15, 0.2) is 0 Å². The number of benzene rings is 3. The fraction of sp³-hybridized carbons (Fsp3) is 0.405. The Labute approximate surface area is 284 Å². The molecule has 0 bridgehead atoms. The Morgan fingerprint density at radius 2 is 1.53 bits per heavy atom. The molecule has 3 N–H and O–H groups in total. The lowest BCUT2D eigenvalue weighted by atomic mass is 9.93. The van der Waals surface area contributed by atoms with Crippen LogP contribution in [-0.2, 0) is 41.5 Å². The standard InChI is InChI=1S/C31H35N3O4S.C2H6O.C2H4O.C2H6/c1-21(35)33-26-14-16-27(17-15-26)39-32-18-8-12-25(19-23-9-4-3-5-10-23)31(37)34-30-28-13-7-6-11-24(28)20-29(30)38-22(2)36;1-3-2;1-2-3;1-2/h3-7,9-11,13-17,25,29-30,32H,8,12,18-20H2,1-2H3,(H,33,35)(H,34,37);1-2H3;2H,1H3;1-2H3. The first-order chi connectivity index (χ1) is 22.7. The van der Waals surface area contributed by atoms with E-state index in [-0.39, 0.29) is 29.7 Å². The number of hydrogen-bond acceptors (Lipinski definition) is 8. The van der Waals surface area contributed by atoms with Crippen LogP contribution in [0, 0.1) is 5.92 Å². The van der Waals surface area contributed by atoms with Gasteiger partial charge < -0.3 is 24.9 Å². The lowest BCUT2D eigenvalue weighted by Gasteiger charge is -2.25. The van der Waals surface area contributed by atoms with Gasteiger partial charge in [0.1, 0.15) is 12.4 Å². The number of fused-ring (bicyclic) bond motifs is 1. The van der Waals surface area contributed by atoms with E-state index < -0.39 is 6.10 Å². The number of carbonyl (C=O) groups is 4. The molecule has 3 aromatic carbocycles. The second kappa shape index (κ2) is 24.2. The van der Waals surface area contributed by atoms with Gasteiger partial charge in [0.2, 0.25) is 11.8 Å². The summed E-state index contributed by atoms with van der Waals surface area (Å²) < 4.78 is 13.2. The van der Waals surface area contributed by atoms with Crippen LogP contribution in [0.1, 0.15) is 70.2 Å². The quantitative estimate of drug-likeness (QED) is 0.0844. The molecule has 3 unspecified atom stereocenters. The number of ether oxygens (including phenoxy) is 2. The highest BCUT2D eigenvalue weighted by Gasteiger charge is 2.36. The Morgan fingerprint density at radius 3 is 2.13 bits per heavy atom. The number of amides is 2. The van der Waals surface area contributed by atoms with Crippen LogP contribution in [-0.4, -0.2) is 50.9 Å².